The largest absolute Gasteiger partial charge is 0.496 e. The van der Waals surface area contributed by atoms with Crippen LogP contribution in [0.2, 0.25) is 5.02 Å². The summed E-state index contributed by atoms with van der Waals surface area (Å²) < 4.78 is 5.91. The van der Waals surface area contributed by atoms with E-state index in [0.717, 1.165) is 3.57 Å². The third kappa shape index (κ3) is 7.43. The van der Waals surface area contributed by atoms with Crippen LogP contribution in [0.4, 0.5) is 5.69 Å². The van der Waals surface area contributed by atoms with E-state index in [-0.39, 0.29) is 23.9 Å². The van der Waals surface area contributed by atoms with E-state index in [1.54, 1.807) is 49.6 Å². The van der Waals surface area contributed by atoms with Crippen LogP contribution in [0.1, 0.15) is 23.2 Å². The molecule has 2 aromatic rings. The Morgan fingerprint density at radius 3 is 2.43 bits per heavy atom. The number of ether oxygens (including phenoxy) is 1. The number of amides is 3. The van der Waals surface area contributed by atoms with Gasteiger partial charge < -0.3 is 10.1 Å². The number of benzene rings is 2. The molecule has 0 fully saturated rings. The van der Waals surface area contributed by atoms with Gasteiger partial charge in [-0.3, -0.25) is 30.6 Å². The number of methoxy groups -OCH3 is 1. The molecule has 0 bridgehead atoms. The Hall–Kier alpha value is -2.44. The lowest BCUT2D eigenvalue weighted by atomic mass is 10.2. The highest BCUT2D eigenvalue weighted by Crippen LogP contribution is 2.22. The zero-order valence-corrected chi connectivity index (χ0v) is 19.5. The van der Waals surface area contributed by atoms with Gasteiger partial charge in [0.05, 0.1) is 21.4 Å². The molecule has 2 rings (SSSR count). The fourth-order valence-corrected chi connectivity index (χ4v) is 3.27. The number of thiocarbonyl (C=S) groups is 1. The number of para-hydroxylation sites is 1. The summed E-state index contributed by atoms with van der Waals surface area (Å²) in [4.78, 5) is 36.0. The maximum absolute atomic E-state index is 12.2. The van der Waals surface area contributed by atoms with E-state index >= 15 is 0 Å². The van der Waals surface area contributed by atoms with Crippen LogP contribution in [0, 0.1) is 3.57 Å². The molecule has 0 atom stereocenters. The number of rotatable bonds is 6. The number of nitrogens with one attached hydrogen (secondary N) is 4. The topological polar surface area (TPSA) is 109 Å². The first kappa shape index (κ1) is 23.8. The van der Waals surface area contributed by atoms with Crippen LogP contribution in [-0.4, -0.2) is 29.9 Å². The maximum Gasteiger partial charge on any atom is 0.257 e. The summed E-state index contributed by atoms with van der Waals surface area (Å²) in [5, 5.41) is 5.40. The van der Waals surface area contributed by atoms with Gasteiger partial charge >= 0.3 is 0 Å². The molecular weight excluding hydrogens is 543 g/mol. The lowest BCUT2D eigenvalue weighted by Gasteiger charge is -2.11. The molecule has 0 unspecified atom stereocenters. The summed E-state index contributed by atoms with van der Waals surface area (Å²) in [6, 6.07) is 11.7. The first-order valence-electron chi connectivity index (χ1n) is 8.58. The van der Waals surface area contributed by atoms with Crippen molar-refractivity contribution in [3.05, 3.63) is 56.6 Å². The van der Waals surface area contributed by atoms with Crippen molar-refractivity contribution in [3.8, 4) is 5.75 Å². The van der Waals surface area contributed by atoms with Gasteiger partial charge in [-0.1, -0.05) is 23.7 Å². The van der Waals surface area contributed by atoms with Gasteiger partial charge in [0.2, 0.25) is 11.8 Å². The maximum atomic E-state index is 12.2. The highest BCUT2D eigenvalue weighted by atomic mass is 127. The predicted molar refractivity (Wildman–Crippen MR) is 126 cm³/mol. The summed E-state index contributed by atoms with van der Waals surface area (Å²) in [5.74, 6) is -0.622. The standard InChI is InChI=1S/C19H18ClIN4O4S/c1-29-15-7-6-11(10-13(15)21)18(28)23-19(30)25-24-17(27)9-8-16(26)22-14-5-3-2-4-12(14)20/h2-7,10H,8-9H2,1H3,(H,22,26)(H,24,27)(H2,23,25,28,30). The normalized spacial score (nSPS) is 9.97. The molecule has 0 spiro atoms. The Morgan fingerprint density at radius 2 is 1.77 bits per heavy atom. The van der Waals surface area contributed by atoms with Gasteiger partial charge in [0, 0.05) is 18.4 Å². The number of hydrogen-bond donors (Lipinski definition) is 4. The van der Waals surface area contributed by atoms with Crippen molar-refractivity contribution in [1.29, 1.82) is 0 Å². The summed E-state index contributed by atoms with van der Waals surface area (Å²) >= 11 is 13.0. The van der Waals surface area contributed by atoms with Crippen LogP contribution < -0.4 is 26.2 Å². The Kier molecular flexibility index (Phi) is 9.27. The molecule has 2 aromatic carbocycles. The van der Waals surface area contributed by atoms with Gasteiger partial charge in [-0.15, -0.1) is 0 Å². The SMILES string of the molecule is COc1ccc(C(=O)NC(=S)NNC(=O)CCC(=O)Nc2ccccc2Cl)cc1I. The lowest BCUT2D eigenvalue weighted by Crippen LogP contribution is -2.48. The van der Waals surface area contributed by atoms with Crippen LogP contribution in [0.3, 0.4) is 0 Å². The van der Waals surface area contributed by atoms with Crippen molar-refractivity contribution >= 4 is 74.9 Å². The lowest BCUT2D eigenvalue weighted by molar-refractivity contribution is -0.124. The zero-order chi connectivity index (χ0) is 22.1. The number of hydrazine groups is 1. The molecule has 8 nitrogen and oxygen atoms in total. The van der Waals surface area contributed by atoms with Crippen molar-refractivity contribution in [3.63, 3.8) is 0 Å². The van der Waals surface area contributed by atoms with Gasteiger partial charge in [-0.05, 0) is 65.1 Å². The minimum atomic E-state index is -0.472. The molecule has 4 N–H and O–H groups in total. The molecule has 0 heterocycles. The molecule has 0 aliphatic rings. The molecule has 11 heteroatoms. The number of carbonyl (C=O) groups excluding carboxylic acids is 3. The summed E-state index contributed by atoms with van der Waals surface area (Å²) in [5.41, 5.74) is 5.60. The van der Waals surface area contributed by atoms with E-state index in [2.05, 4.69) is 44.1 Å². The second-order valence-corrected chi connectivity index (χ2v) is 7.81. The molecule has 0 saturated carbocycles. The van der Waals surface area contributed by atoms with Crippen LogP contribution >= 0.6 is 46.4 Å². The van der Waals surface area contributed by atoms with Crippen LogP contribution in [0.15, 0.2) is 42.5 Å². The van der Waals surface area contributed by atoms with E-state index < -0.39 is 11.8 Å². The number of carbonyl (C=O) groups is 3. The number of anilines is 1. The van der Waals surface area contributed by atoms with Gasteiger partial charge in [0.25, 0.3) is 5.91 Å². The third-order valence-electron chi connectivity index (χ3n) is 3.68. The van der Waals surface area contributed by atoms with Crippen molar-refractivity contribution in [2.75, 3.05) is 12.4 Å². The Labute approximate surface area is 197 Å². The minimum absolute atomic E-state index is 0.0534. The molecule has 0 saturated heterocycles. The van der Waals surface area contributed by atoms with Crippen molar-refractivity contribution in [2.45, 2.75) is 12.8 Å². The van der Waals surface area contributed by atoms with Gasteiger partial charge in [-0.25, -0.2) is 0 Å². The second kappa shape index (κ2) is 11.7. The Balaban J connectivity index is 1.73. The molecule has 0 aliphatic heterocycles. The zero-order valence-electron chi connectivity index (χ0n) is 15.8. The van der Waals surface area contributed by atoms with Gasteiger partial charge in [-0.2, -0.15) is 0 Å². The van der Waals surface area contributed by atoms with E-state index in [1.165, 1.54) is 0 Å². The highest BCUT2D eigenvalue weighted by molar-refractivity contribution is 14.1. The smallest absolute Gasteiger partial charge is 0.257 e. The fraction of sp³-hybridized carbons (Fsp3) is 0.158. The van der Waals surface area contributed by atoms with E-state index in [4.69, 9.17) is 28.6 Å². The third-order valence-corrected chi connectivity index (χ3v) is 5.06. The van der Waals surface area contributed by atoms with Gasteiger partial charge in [0.15, 0.2) is 5.11 Å². The van der Waals surface area contributed by atoms with Crippen LogP contribution in [0.5, 0.6) is 5.75 Å². The van der Waals surface area contributed by atoms with E-state index in [1.807, 2.05) is 0 Å². The molecule has 30 heavy (non-hydrogen) atoms. The van der Waals surface area contributed by atoms with Gasteiger partial charge in [0.1, 0.15) is 5.75 Å². The number of hydrogen-bond acceptors (Lipinski definition) is 5. The highest BCUT2D eigenvalue weighted by Gasteiger charge is 2.12. The minimum Gasteiger partial charge on any atom is -0.496 e. The molecule has 158 valence electrons. The van der Waals surface area contributed by atoms with E-state index in [0.29, 0.717) is 22.0 Å². The molecule has 0 aromatic heterocycles. The summed E-state index contributed by atoms with van der Waals surface area (Å²) in [6.07, 6.45) is -0.140. The average molecular weight is 561 g/mol. The van der Waals surface area contributed by atoms with Crippen molar-refractivity contribution in [1.82, 2.24) is 16.2 Å². The van der Waals surface area contributed by atoms with Crippen LogP contribution in [-0.2, 0) is 9.59 Å². The average Bonchev–Trinajstić information content (AvgIpc) is 2.72. The van der Waals surface area contributed by atoms with Crippen molar-refractivity contribution < 1.29 is 19.1 Å². The first-order chi connectivity index (χ1) is 14.3. The second-order valence-electron chi connectivity index (χ2n) is 5.83. The van der Waals surface area contributed by atoms with Crippen LogP contribution in [0.25, 0.3) is 0 Å². The van der Waals surface area contributed by atoms with E-state index in [9.17, 15) is 14.4 Å². The molecular formula is C19H18ClIN4O4S. The first-order valence-corrected chi connectivity index (χ1v) is 10.4. The quantitative estimate of drug-likeness (QED) is 0.246. The molecule has 0 radical (unpaired) electrons. The fourth-order valence-electron chi connectivity index (χ4n) is 2.21. The molecule has 0 aliphatic carbocycles. The Bertz CT molecular complexity index is 973. The Morgan fingerprint density at radius 1 is 1.07 bits per heavy atom. The summed E-state index contributed by atoms with van der Waals surface area (Å²) in [6.45, 7) is 0. The number of halogens is 2. The molecule has 3 amide bonds. The predicted octanol–water partition coefficient (Wildman–Crippen LogP) is 3.01. The summed E-state index contributed by atoms with van der Waals surface area (Å²) in [7, 11) is 1.54. The van der Waals surface area contributed by atoms with Crippen molar-refractivity contribution in [2.24, 2.45) is 0 Å². The monoisotopic (exact) mass is 560 g/mol.